The SMILES string of the molecule is CCSc1ncc(CN2C[C@@H]3CC[C@H]2CN(Cc2nc[nH]c2C)C3)cn1. The van der Waals surface area contributed by atoms with Crippen LogP contribution < -0.4 is 0 Å². The Morgan fingerprint density at radius 2 is 1.96 bits per heavy atom. The zero-order valence-corrected chi connectivity index (χ0v) is 16.5. The van der Waals surface area contributed by atoms with Crippen molar-refractivity contribution in [3.8, 4) is 0 Å². The number of imidazole rings is 1. The van der Waals surface area contributed by atoms with E-state index in [0.717, 1.165) is 36.5 Å². The highest BCUT2D eigenvalue weighted by atomic mass is 32.2. The van der Waals surface area contributed by atoms with Crippen molar-refractivity contribution in [3.63, 3.8) is 0 Å². The number of aromatic nitrogens is 4. The molecule has 5 heterocycles. The average molecular weight is 373 g/mol. The maximum atomic E-state index is 4.50. The highest BCUT2D eigenvalue weighted by Gasteiger charge is 2.34. The summed E-state index contributed by atoms with van der Waals surface area (Å²) in [6, 6.07) is 0.623. The molecular weight excluding hydrogens is 344 g/mol. The van der Waals surface area contributed by atoms with Gasteiger partial charge in [0.1, 0.15) is 0 Å². The normalized spacial score (nSPS) is 24.1. The molecule has 2 bridgehead atoms. The van der Waals surface area contributed by atoms with Crippen molar-refractivity contribution in [2.75, 3.05) is 25.4 Å². The van der Waals surface area contributed by atoms with Crippen LogP contribution in [0, 0.1) is 12.8 Å². The van der Waals surface area contributed by atoms with E-state index in [9.17, 15) is 0 Å². The molecule has 0 aliphatic carbocycles. The van der Waals surface area contributed by atoms with Gasteiger partial charge in [0.2, 0.25) is 0 Å². The molecule has 5 rings (SSSR count). The Kier molecular flexibility index (Phi) is 5.57. The minimum Gasteiger partial charge on any atom is -0.348 e. The Morgan fingerprint density at radius 3 is 2.69 bits per heavy atom. The molecule has 2 aromatic rings. The average Bonchev–Trinajstić information content (AvgIpc) is 2.85. The molecular formula is C19H28N6S. The van der Waals surface area contributed by atoms with Gasteiger partial charge in [0.25, 0.3) is 0 Å². The lowest BCUT2D eigenvalue weighted by Crippen LogP contribution is -2.43. The Morgan fingerprint density at radius 1 is 1.12 bits per heavy atom. The molecule has 0 spiro atoms. The van der Waals surface area contributed by atoms with Crippen LogP contribution in [0.25, 0.3) is 0 Å². The maximum absolute atomic E-state index is 4.50. The fourth-order valence-corrected chi connectivity index (χ4v) is 4.73. The molecule has 1 N–H and O–H groups in total. The van der Waals surface area contributed by atoms with Crippen LogP contribution in [-0.4, -0.2) is 61.2 Å². The fraction of sp³-hybridized carbons (Fsp3) is 0.632. The van der Waals surface area contributed by atoms with Crippen LogP contribution in [0.2, 0.25) is 0 Å². The fourth-order valence-electron chi connectivity index (χ4n) is 4.22. The molecule has 0 aromatic carbocycles. The molecule has 140 valence electrons. The van der Waals surface area contributed by atoms with Crippen molar-refractivity contribution in [1.29, 1.82) is 0 Å². The molecule has 26 heavy (non-hydrogen) atoms. The number of fused-ring (bicyclic) bond motifs is 4. The van der Waals surface area contributed by atoms with E-state index in [1.54, 1.807) is 11.8 Å². The summed E-state index contributed by atoms with van der Waals surface area (Å²) in [7, 11) is 0. The second-order valence-electron chi connectivity index (χ2n) is 7.50. The van der Waals surface area contributed by atoms with Gasteiger partial charge in [-0.15, -0.1) is 0 Å². The van der Waals surface area contributed by atoms with Gasteiger partial charge >= 0.3 is 0 Å². The number of thioether (sulfide) groups is 1. The third kappa shape index (κ3) is 4.10. The number of nitrogens with one attached hydrogen (secondary N) is 1. The smallest absolute Gasteiger partial charge is 0.187 e. The first kappa shape index (κ1) is 17.9. The number of piperidine rings is 1. The third-order valence-corrected chi connectivity index (χ3v) is 6.31. The van der Waals surface area contributed by atoms with E-state index in [1.807, 2.05) is 18.7 Å². The van der Waals surface area contributed by atoms with Crippen molar-refractivity contribution in [3.05, 3.63) is 35.7 Å². The topological polar surface area (TPSA) is 60.9 Å². The lowest BCUT2D eigenvalue weighted by atomic mass is 9.95. The molecule has 0 unspecified atom stereocenters. The van der Waals surface area contributed by atoms with Gasteiger partial charge < -0.3 is 4.98 Å². The summed E-state index contributed by atoms with van der Waals surface area (Å²) >= 11 is 1.70. The summed E-state index contributed by atoms with van der Waals surface area (Å²) in [4.78, 5) is 21.9. The number of aryl methyl sites for hydroxylation is 1. The first-order valence-corrected chi connectivity index (χ1v) is 10.6. The molecule has 0 saturated carbocycles. The number of rotatable bonds is 6. The minimum absolute atomic E-state index is 0.623. The molecule has 2 aromatic heterocycles. The van der Waals surface area contributed by atoms with Crippen molar-refractivity contribution in [1.82, 2.24) is 29.7 Å². The van der Waals surface area contributed by atoms with Gasteiger partial charge in [-0.3, -0.25) is 9.80 Å². The van der Waals surface area contributed by atoms with Crippen molar-refractivity contribution >= 4 is 11.8 Å². The van der Waals surface area contributed by atoms with Crippen molar-refractivity contribution in [2.24, 2.45) is 5.92 Å². The summed E-state index contributed by atoms with van der Waals surface area (Å²) < 4.78 is 0. The van der Waals surface area contributed by atoms with Gasteiger partial charge in [-0.1, -0.05) is 18.7 Å². The monoisotopic (exact) mass is 372 g/mol. The summed E-state index contributed by atoms with van der Waals surface area (Å²) in [5.41, 5.74) is 3.61. The van der Waals surface area contributed by atoms with Crippen LogP contribution in [0.5, 0.6) is 0 Å². The van der Waals surface area contributed by atoms with Gasteiger partial charge in [-0.05, 0) is 31.4 Å². The predicted molar refractivity (Wildman–Crippen MR) is 104 cm³/mol. The third-order valence-electron chi connectivity index (χ3n) is 5.55. The van der Waals surface area contributed by atoms with Gasteiger partial charge in [0.15, 0.2) is 5.16 Å². The number of aromatic amines is 1. The number of nitrogens with zero attached hydrogens (tertiary/aromatic N) is 5. The van der Waals surface area contributed by atoms with Gasteiger partial charge in [0, 0.05) is 62.4 Å². The minimum atomic E-state index is 0.623. The van der Waals surface area contributed by atoms with E-state index in [1.165, 1.54) is 42.9 Å². The lowest BCUT2D eigenvalue weighted by molar-refractivity contribution is 0.122. The number of hydrogen-bond acceptors (Lipinski definition) is 6. The molecule has 3 fully saturated rings. The van der Waals surface area contributed by atoms with E-state index in [0.29, 0.717) is 6.04 Å². The van der Waals surface area contributed by atoms with Crippen LogP contribution in [0.4, 0.5) is 0 Å². The molecule has 3 aliphatic heterocycles. The molecule has 0 radical (unpaired) electrons. The molecule has 6 nitrogen and oxygen atoms in total. The molecule has 7 heteroatoms. The highest BCUT2D eigenvalue weighted by molar-refractivity contribution is 7.99. The first-order chi connectivity index (χ1) is 12.7. The van der Waals surface area contributed by atoms with Gasteiger partial charge in [-0.25, -0.2) is 15.0 Å². The molecule has 3 aliphatic rings. The first-order valence-electron chi connectivity index (χ1n) is 9.60. The Hall–Kier alpha value is -1.44. The lowest BCUT2D eigenvalue weighted by Gasteiger charge is -2.36. The zero-order chi connectivity index (χ0) is 17.9. The Labute approximate surface area is 159 Å². The highest BCUT2D eigenvalue weighted by Crippen LogP contribution is 2.30. The quantitative estimate of drug-likeness (QED) is 0.621. The molecule has 3 saturated heterocycles. The van der Waals surface area contributed by atoms with E-state index in [-0.39, 0.29) is 0 Å². The summed E-state index contributed by atoms with van der Waals surface area (Å²) in [5.74, 6) is 1.77. The second-order valence-corrected chi connectivity index (χ2v) is 8.73. The van der Waals surface area contributed by atoms with Gasteiger partial charge in [0.05, 0.1) is 12.0 Å². The zero-order valence-electron chi connectivity index (χ0n) is 15.7. The van der Waals surface area contributed by atoms with Gasteiger partial charge in [-0.2, -0.15) is 0 Å². The van der Waals surface area contributed by atoms with Crippen LogP contribution in [0.1, 0.15) is 36.7 Å². The van der Waals surface area contributed by atoms with E-state index in [2.05, 4.69) is 43.6 Å². The van der Waals surface area contributed by atoms with Crippen molar-refractivity contribution < 1.29 is 0 Å². The van der Waals surface area contributed by atoms with E-state index < -0.39 is 0 Å². The summed E-state index contributed by atoms with van der Waals surface area (Å²) in [6.07, 6.45) is 8.47. The van der Waals surface area contributed by atoms with E-state index >= 15 is 0 Å². The number of hydrogen-bond donors (Lipinski definition) is 1. The predicted octanol–water partition coefficient (Wildman–Crippen LogP) is 2.72. The largest absolute Gasteiger partial charge is 0.348 e. The van der Waals surface area contributed by atoms with Crippen LogP contribution >= 0.6 is 11.8 Å². The van der Waals surface area contributed by atoms with Crippen molar-refractivity contribution in [2.45, 2.75) is 51.0 Å². The van der Waals surface area contributed by atoms with Crippen LogP contribution in [-0.2, 0) is 13.1 Å². The molecule has 0 amide bonds. The Bertz CT molecular complexity index is 715. The second kappa shape index (κ2) is 8.06. The van der Waals surface area contributed by atoms with Crippen LogP contribution in [0.3, 0.4) is 0 Å². The maximum Gasteiger partial charge on any atom is 0.187 e. The summed E-state index contributed by atoms with van der Waals surface area (Å²) in [5, 5.41) is 0.884. The standard InChI is InChI=1S/C19H28N6S/c1-3-26-19-20-6-16(7-21-19)10-25-9-15-4-5-17(25)11-24(8-15)12-18-14(2)22-13-23-18/h6-7,13,15,17H,3-5,8-12H2,1-2H3,(H,22,23)/t15-,17+/m1/s1. The Balaban J connectivity index is 1.40. The molecule has 2 atom stereocenters. The van der Waals surface area contributed by atoms with E-state index in [4.69, 9.17) is 0 Å². The van der Waals surface area contributed by atoms with Crippen LogP contribution in [0.15, 0.2) is 23.9 Å². The summed E-state index contributed by atoms with van der Waals surface area (Å²) in [6.45, 7) is 9.67. The number of H-pyrrole nitrogens is 1.